The fourth-order valence-electron chi connectivity index (χ4n) is 4.89. The molecule has 0 spiro atoms. The van der Waals surface area contributed by atoms with Crippen molar-refractivity contribution >= 4 is 28.9 Å². The highest BCUT2D eigenvalue weighted by Crippen LogP contribution is 2.29. The second-order valence-corrected chi connectivity index (χ2v) is 9.93. The van der Waals surface area contributed by atoms with Crippen molar-refractivity contribution in [2.24, 2.45) is 5.92 Å². The molecule has 0 saturated heterocycles. The van der Waals surface area contributed by atoms with Crippen molar-refractivity contribution in [2.75, 3.05) is 18.4 Å². The smallest absolute Gasteiger partial charge is 0.319 e. The molecule has 0 bridgehead atoms. The van der Waals surface area contributed by atoms with Crippen LogP contribution < -0.4 is 16.0 Å². The van der Waals surface area contributed by atoms with E-state index < -0.39 is 5.82 Å². The van der Waals surface area contributed by atoms with Crippen LogP contribution in [0.25, 0.3) is 5.57 Å². The van der Waals surface area contributed by atoms with Crippen molar-refractivity contribution < 1.29 is 9.18 Å². The Balaban J connectivity index is 1.39. The van der Waals surface area contributed by atoms with Gasteiger partial charge in [0.25, 0.3) is 0 Å². The number of halogens is 2. The Kier molecular flexibility index (Phi) is 9.16. The van der Waals surface area contributed by atoms with Crippen LogP contribution in [0.15, 0.2) is 60.7 Å². The van der Waals surface area contributed by atoms with Crippen molar-refractivity contribution in [3.63, 3.8) is 0 Å². The van der Waals surface area contributed by atoms with Crippen molar-refractivity contribution in [1.82, 2.24) is 10.6 Å². The predicted molar refractivity (Wildman–Crippen MR) is 143 cm³/mol. The topological polar surface area (TPSA) is 77.0 Å². The maximum atomic E-state index is 13.4. The van der Waals surface area contributed by atoms with E-state index in [9.17, 15) is 14.4 Å². The number of benzene rings is 2. The van der Waals surface area contributed by atoms with Gasteiger partial charge in [0.1, 0.15) is 5.82 Å². The van der Waals surface area contributed by atoms with Crippen LogP contribution in [0.4, 0.5) is 14.9 Å². The molecule has 0 radical (unpaired) electrons. The molecule has 2 aliphatic carbocycles. The molecule has 2 aromatic rings. The Hall–Kier alpha value is -3.14. The third kappa shape index (κ3) is 7.19. The molecular formula is C29H32ClFN4O. The third-order valence-corrected chi connectivity index (χ3v) is 7.26. The van der Waals surface area contributed by atoms with E-state index in [2.05, 4.69) is 52.4 Å². The van der Waals surface area contributed by atoms with Crippen LogP contribution in [0.1, 0.15) is 55.6 Å². The molecular weight excluding hydrogens is 475 g/mol. The molecule has 36 heavy (non-hydrogen) atoms. The van der Waals surface area contributed by atoms with E-state index in [0.717, 1.165) is 36.1 Å². The average molecular weight is 507 g/mol. The zero-order chi connectivity index (χ0) is 25.3. The molecule has 2 unspecified atom stereocenters. The van der Waals surface area contributed by atoms with Gasteiger partial charge in [0.05, 0.1) is 17.0 Å². The molecule has 2 aromatic carbocycles. The maximum Gasteiger partial charge on any atom is 0.319 e. The van der Waals surface area contributed by atoms with Crippen LogP contribution in [-0.4, -0.2) is 25.2 Å². The van der Waals surface area contributed by atoms with E-state index in [1.54, 1.807) is 0 Å². The molecule has 0 aliphatic heterocycles. The summed E-state index contributed by atoms with van der Waals surface area (Å²) < 4.78 is 13.4. The zero-order valence-electron chi connectivity index (χ0n) is 20.3. The van der Waals surface area contributed by atoms with E-state index >= 15 is 0 Å². The van der Waals surface area contributed by atoms with Gasteiger partial charge in [0, 0.05) is 24.2 Å². The summed E-state index contributed by atoms with van der Waals surface area (Å²) in [6, 6.07) is 15.1. The molecule has 4 rings (SSSR count). The van der Waals surface area contributed by atoms with Gasteiger partial charge in [-0.2, -0.15) is 5.26 Å². The lowest BCUT2D eigenvalue weighted by atomic mass is 9.88. The van der Waals surface area contributed by atoms with Crippen LogP contribution in [0.2, 0.25) is 5.02 Å². The Morgan fingerprint density at radius 3 is 2.67 bits per heavy atom. The van der Waals surface area contributed by atoms with Crippen molar-refractivity contribution in [3.05, 3.63) is 82.7 Å². The van der Waals surface area contributed by atoms with Gasteiger partial charge in [-0.05, 0) is 67.1 Å². The van der Waals surface area contributed by atoms with Gasteiger partial charge >= 0.3 is 6.03 Å². The van der Waals surface area contributed by atoms with E-state index in [1.165, 1.54) is 43.9 Å². The Morgan fingerprint density at radius 2 is 1.94 bits per heavy atom. The molecule has 3 N–H and O–H groups in total. The number of allylic oxidation sites excluding steroid dienone is 4. The summed E-state index contributed by atoms with van der Waals surface area (Å²) in [6.07, 6.45) is 12.6. The van der Waals surface area contributed by atoms with Gasteiger partial charge in [0.15, 0.2) is 0 Å². The molecule has 188 valence electrons. The lowest BCUT2D eigenvalue weighted by Gasteiger charge is -2.21. The fraction of sp³-hybridized carbons (Fsp3) is 0.379. The minimum absolute atomic E-state index is 0.0339. The maximum absolute atomic E-state index is 13.4. The minimum Gasteiger partial charge on any atom is -0.337 e. The van der Waals surface area contributed by atoms with Crippen LogP contribution >= 0.6 is 11.6 Å². The second-order valence-electron chi connectivity index (χ2n) is 9.52. The second kappa shape index (κ2) is 12.7. The number of hydrogen-bond donors (Lipinski definition) is 3. The molecule has 2 amide bonds. The molecule has 0 heterocycles. The summed E-state index contributed by atoms with van der Waals surface area (Å²) in [4.78, 5) is 12.5. The highest BCUT2D eigenvalue weighted by atomic mass is 35.5. The lowest BCUT2D eigenvalue weighted by molar-refractivity contribution is 0.251. The quantitative estimate of drug-likeness (QED) is 0.350. The number of amides is 2. The highest BCUT2D eigenvalue weighted by Gasteiger charge is 2.18. The van der Waals surface area contributed by atoms with Gasteiger partial charge in [-0.3, -0.25) is 0 Å². The molecule has 2 aliphatic rings. The summed E-state index contributed by atoms with van der Waals surface area (Å²) in [7, 11) is 0. The number of carbonyl (C=O) groups is 1. The van der Waals surface area contributed by atoms with Crippen molar-refractivity contribution in [2.45, 2.75) is 50.5 Å². The fourth-order valence-corrected chi connectivity index (χ4v) is 5.07. The van der Waals surface area contributed by atoms with Gasteiger partial charge in [-0.1, -0.05) is 66.9 Å². The number of carbonyl (C=O) groups excluding carboxylic acids is 1. The van der Waals surface area contributed by atoms with Crippen LogP contribution in [-0.2, 0) is 0 Å². The number of rotatable bonds is 9. The number of nitrogens with one attached hydrogen (secondary N) is 3. The van der Waals surface area contributed by atoms with Crippen molar-refractivity contribution in [1.29, 1.82) is 5.26 Å². The monoisotopic (exact) mass is 506 g/mol. The molecule has 7 heteroatoms. The van der Waals surface area contributed by atoms with Crippen LogP contribution in [0, 0.1) is 23.1 Å². The summed E-state index contributed by atoms with van der Waals surface area (Å²) in [5, 5.41) is 18.6. The summed E-state index contributed by atoms with van der Waals surface area (Å²) >= 11 is 5.82. The van der Waals surface area contributed by atoms with Crippen LogP contribution in [0.3, 0.4) is 0 Å². The summed E-state index contributed by atoms with van der Waals surface area (Å²) in [6.45, 7) is 1.35. The first-order valence-electron chi connectivity index (χ1n) is 12.6. The average Bonchev–Trinajstić information content (AvgIpc) is 3.42. The van der Waals surface area contributed by atoms with Crippen molar-refractivity contribution in [3.8, 4) is 6.07 Å². The number of urea groups is 1. The largest absolute Gasteiger partial charge is 0.337 e. The Labute approximate surface area is 217 Å². The molecule has 2 atom stereocenters. The molecule has 1 fully saturated rings. The number of nitriles is 1. The minimum atomic E-state index is -0.524. The Bertz CT molecular complexity index is 1150. The molecule has 1 saturated carbocycles. The summed E-state index contributed by atoms with van der Waals surface area (Å²) in [5.74, 6) is -0.482. The van der Waals surface area contributed by atoms with Gasteiger partial charge in [0.2, 0.25) is 0 Å². The van der Waals surface area contributed by atoms with E-state index in [-0.39, 0.29) is 22.9 Å². The van der Waals surface area contributed by atoms with E-state index in [0.29, 0.717) is 18.3 Å². The van der Waals surface area contributed by atoms with Gasteiger partial charge in [-0.25, -0.2) is 9.18 Å². The standard InChI is InChI=1S/C29H32ClFN4O/c30-27-17-26(12-13-28(27)31)35-29(36)34-19-24(14-15-33-25-6-1-2-7-25)22-10-8-21(9-11-22)23-5-3-4-20(16-23)18-32/h3-5,8-13,17,20,24-25,33H,1-2,6-7,14-16,19H2,(H2,34,35,36). The molecule has 0 aromatic heterocycles. The predicted octanol–water partition coefficient (Wildman–Crippen LogP) is 6.79. The molecule has 5 nitrogen and oxygen atoms in total. The number of anilines is 1. The van der Waals surface area contributed by atoms with E-state index in [1.807, 2.05) is 12.2 Å². The number of nitrogens with zero attached hydrogens (tertiary/aromatic N) is 1. The summed E-state index contributed by atoms with van der Waals surface area (Å²) in [5.41, 5.74) is 3.87. The third-order valence-electron chi connectivity index (χ3n) is 6.97. The first-order valence-corrected chi connectivity index (χ1v) is 13.0. The first-order chi connectivity index (χ1) is 17.5. The van der Waals surface area contributed by atoms with Gasteiger partial charge < -0.3 is 16.0 Å². The SMILES string of the molecule is N#CC1C=CC=C(c2ccc(C(CCNC3CCCC3)CNC(=O)Nc3ccc(F)c(Cl)c3)cc2)C1. The van der Waals surface area contributed by atoms with Gasteiger partial charge in [-0.15, -0.1) is 0 Å². The Morgan fingerprint density at radius 1 is 1.17 bits per heavy atom. The first kappa shape index (κ1) is 25.9. The normalized spacial score (nSPS) is 18.4. The van der Waals surface area contributed by atoms with E-state index in [4.69, 9.17) is 11.6 Å². The highest BCUT2D eigenvalue weighted by molar-refractivity contribution is 6.31. The van der Waals surface area contributed by atoms with Crippen LogP contribution in [0.5, 0.6) is 0 Å². The lowest BCUT2D eigenvalue weighted by Crippen LogP contribution is -2.34. The zero-order valence-corrected chi connectivity index (χ0v) is 21.0. The number of hydrogen-bond acceptors (Lipinski definition) is 3.